The molecule has 0 aliphatic carbocycles. The van der Waals surface area contributed by atoms with Crippen molar-refractivity contribution in [1.82, 2.24) is 0 Å². The van der Waals surface area contributed by atoms with Gasteiger partial charge in [-0.1, -0.05) is 11.8 Å². The Morgan fingerprint density at radius 2 is 2.24 bits per heavy atom. The molecular formula is C13H15FO3. The summed E-state index contributed by atoms with van der Waals surface area (Å²) >= 11 is 0. The van der Waals surface area contributed by atoms with Crippen molar-refractivity contribution >= 4 is 0 Å². The molecule has 0 aliphatic rings. The van der Waals surface area contributed by atoms with Gasteiger partial charge in [0.15, 0.2) is 0 Å². The first kappa shape index (κ1) is 13.5. The third-order valence-corrected chi connectivity index (χ3v) is 1.97. The van der Waals surface area contributed by atoms with Crippen LogP contribution in [0.4, 0.5) is 4.39 Å². The lowest BCUT2D eigenvalue weighted by Gasteiger charge is -2.14. The summed E-state index contributed by atoms with van der Waals surface area (Å²) in [5, 5.41) is 8.63. The number of methoxy groups -OCH3 is 1. The maximum absolute atomic E-state index is 13.0. The quantitative estimate of drug-likeness (QED) is 0.809. The number of rotatable bonds is 4. The lowest BCUT2D eigenvalue weighted by molar-refractivity contribution is 0.0918. The first-order valence-electron chi connectivity index (χ1n) is 5.22. The van der Waals surface area contributed by atoms with Crippen molar-refractivity contribution in [1.29, 1.82) is 0 Å². The monoisotopic (exact) mass is 238 g/mol. The van der Waals surface area contributed by atoms with Crippen molar-refractivity contribution in [2.75, 3.05) is 20.3 Å². The first-order chi connectivity index (χ1) is 8.17. The highest BCUT2D eigenvalue weighted by Crippen LogP contribution is 2.20. The Morgan fingerprint density at radius 3 is 2.88 bits per heavy atom. The molecule has 0 heterocycles. The van der Waals surface area contributed by atoms with Gasteiger partial charge >= 0.3 is 0 Å². The fourth-order valence-electron chi connectivity index (χ4n) is 1.32. The molecule has 0 saturated heterocycles. The SMILES string of the molecule is COCC(C)Oc1ccc(F)cc1C#CCO. The molecule has 1 unspecified atom stereocenters. The van der Waals surface area contributed by atoms with Gasteiger partial charge in [-0.2, -0.15) is 0 Å². The summed E-state index contributed by atoms with van der Waals surface area (Å²) in [5.41, 5.74) is 0.419. The van der Waals surface area contributed by atoms with Crippen molar-refractivity contribution in [3.05, 3.63) is 29.6 Å². The van der Waals surface area contributed by atoms with E-state index in [1.807, 2.05) is 6.92 Å². The fourth-order valence-corrected chi connectivity index (χ4v) is 1.32. The van der Waals surface area contributed by atoms with E-state index >= 15 is 0 Å². The van der Waals surface area contributed by atoms with Crippen LogP contribution in [0.3, 0.4) is 0 Å². The van der Waals surface area contributed by atoms with Gasteiger partial charge in [0, 0.05) is 7.11 Å². The Labute approximate surface area is 100 Å². The van der Waals surface area contributed by atoms with Gasteiger partial charge in [0.2, 0.25) is 0 Å². The van der Waals surface area contributed by atoms with Gasteiger partial charge in [-0.25, -0.2) is 4.39 Å². The van der Waals surface area contributed by atoms with Crippen LogP contribution in [-0.4, -0.2) is 31.5 Å². The molecule has 1 aromatic carbocycles. The molecule has 1 N–H and O–H groups in total. The number of aliphatic hydroxyl groups is 1. The second-order valence-electron chi connectivity index (χ2n) is 3.48. The molecule has 0 saturated carbocycles. The van der Waals surface area contributed by atoms with E-state index in [4.69, 9.17) is 14.6 Å². The molecule has 0 aliphatic heterocycles. The largest absolute Gasteiger partial charge is 0.487 e. The smallest absolute Gasteiger partial charge is 0.135 e. The fraction of sp³-hybridized carbons (Fsp3) is 0.385. The number of benzene rings is 1. The molecular weight excluding hydrogens is 223 g/mol. The van der Waals surface area contributed by atoms with E-state index in [0.717, 1.165) is 0 Å². The molecule has 92 valence electrons. The number of hydrogen-bond donors (Lipinski definition) is 1. The van der Waals surface area contributed by atoms with Crippen LogP contribution in [0.2, 0.25) is 0 Å². The van der Waals surface area contributed by atoms with E-state index in [0.29, 0.717) is 17.9 Å². The van der Waals surface area contributed by atoms with Gasteiger partial charge < -0.3 is 14.6 Å². The second-order valence-corrected chi connectivity index (χ2v) is 3.48. The van der Waals surface area contributed by atoms with Gasteiger partial charge in [0.1, 0.15) is 24.3 Å². The first-order valence-corrected chi connectivity index (χ1v) is 5.22. The minimum Gasteiger partial charge on any atom is -0.487 e. The van der Waals surface area contributed by atoms with E-state index in [9.17, 15) is 4.39 Å². The van der Waals surface area contributed by atoms with Gasteiger partial charge in [0.05, 0.1) is 12.2 Å². The number of aliphatic hydroxyl groups excluding tert-OH is 1. The van der Waals surface area contributed by atoms with Crippen LogP contribution < -0.4 is 4.74 Å². The van der Waals surface area contributed by atoms with Crippen molar-refractivity contribution in [3.8, 4) is 17.6 Å². The van der Waals surface area contributed by atoms with Crippen molar-refractivity contribution in [2.45, 2.75) is 13.0 Å². The zero-order valence-electron chi connectivity index (χ0n) is 9.87. The molecule has 1 aromatic rings. The molecule has 1 atom stereocenters. The van der Waals surface area contributed by atoms with Crippen molar-refractivity contribution in [2.24, 2.45) is 0 Å². The summed E-state index contributed by atoms with van der Waals surface area (Å²) in [4.78, 5) is 0. The molecule has 0 radical (unpaired) electrons. The van der Waals surface area contributed by atoms with Crippen LogP contribution in [0.5, 0.6) is 5.75 Å². The Kier molecular flexibility index (Phi) is 5.47. The summed E-state index contributed by atoms with van der Waals surface area (Å²) in [5.74, 6) is 5.20. The molecule has 17 heavy (non-hydrogen) atoms. The zero-order chi connectivity index (χ0) is 12.7. The maximum atomic E-state index is 13.0. The highest BCUT2D eigenvalue weighted by atomic mass is 19.1. The zero-order valence-corrected chi connectivity index (χ0v) is 9.87. The molecule has 3 nitrogen and oxygen atoms in total. The van der Waals surface area contributed by atoms with Crippen LogP contribution in [0.15, 0.2) is 18.2 Å². The third-order valence-electron chi connectivity index (χ3n) is 1.97. The van der Waals surface area contributed by atoms with Gasteiger partial charge in [-0.3, -0.25) is 0 Å². The minimum atomic E-state index is -0.390. The lowest BCUT2D eigenvalue weighted by Crippen LogP contribution is -2.18. The normalized spacial score (nSPS) is 11.5. The minimum absolute atomic E-state index is 0.153. The van der Waals surface area contributed by atoms with Crippen LogP contribution in [0.1, 0.15) is 12.5 Å². The van der Waals surface area contributed by atoms with Crippen LogP contribution >= 0.6 is 0 Å². The van der Waals surface area contributed by atoms with Crippen molar-refractivity contribution < 1.29 is 19.0 Å². The molecule has 0 fully saturated rings. The van der Waals surface area contributed by atoms with E-state index in [1.54, 1.807) is 7.11 Å². The van der Waals surface area contributed by atoms with Gasteiger partial charge in [-0.05, 0) is 25.1 Å². The average Bonchev–Trinajstić information content (AvgIpc) is 2.30. The summed E-state index contributed by atoms with van der Waals surface area (Å²) in [6.45, 7) is 2.00. The molecule has 4 heteroatoms. The number of hydrogen-bond acceptors (Lipinski definition) is 3. The molecule has 0 bridgehead atoms. The van der Waals surface area contributed by atoms with E-state index in [1.165, 1.54) is 18.2 Å². The third kappa shape index (κ3) is 4.43. The maximum Gasteiger partial charge on any atom is 0.135 e. The summed E-state index contributed by atoms with van der Waals surface area (Å²) in [6, 6.07) is 4.10. The predicted molar refractivity (Wildman–Crippen MR) is 62.3 cm³/mol. The topological polar surface area (TPSA) is 38.7 Å². The lowest BCUT2D eigenvalue weighted by atomic mass is 10.2. The standard InChI is InChI=1S/C13H15FO3/c1-10(9-16-2)17-13-6-5-12(14)8-11(13)4-3-7-15/h5-6,8,10,15H,7,9H2,1-2H3. The Morgan fingerprint density at radius 1 is 1.47 bits per heavy atom. The summed E-state index contributed by atoms with van der Waals surface area (Å²) < 4.78 is 23.6. The van der Waals surface area contributed by atoms with Gasteiger partial charge in [-0.15, -0.1) is 0 Å². The van der Waals surface area contributed by atoms with Crippen molar-refractivity contribution in [3.63, 3.8) is 0 Å². The van der Waals surface area contributed by atoms with Crippen LogP contribution in [0.25, 0.3) is 0 Å². The molecule has 1 rings (SSSR count). The number of ether oxygens (including phenoxy) is 2. The molecule has 0 spiro atoms. The molecule has 0 aromatic heterocycles. The van der Waals surface area contributed by atoms with Crippen LogP contribution in [-0.2, 0) is 4.74 Å². The highest BCUT2D eigenvalue weighted by molar-refractivity contribution is 5.46. The highest BCUT2D eigenvalue weighted by Gasteiger charge is 2.08. The Balaban J connectivity index is 2.89. The van der Waals surface area contributed by atoms with E-state index in [-0.39, 0.29) is 18.5 Å². The Hall–Kier alpha value is -1.57. The Bertz CT molecular complexity index is 420. The summed E-state index contributed by atoms with van der Waals surface area (Å²) in [6.07, 6.45) is -0.153. The van der Waals surface area contributed by atoms with E-state index < -0.39 is 0 Å². The second kappa shape index (κ2) is 6.89. The van der Waals surface area contributed by atoms with Crippen LogP contribution in [0, 0.1) is 17.7 Å². The summed E-state index contributed by atoms with van der Waals surface area (Å²) in [7, 11) is 1.58. The van der Waals surface area contributed by atoms with E-state index in [2.05, 4.69) is 11.8 Å². The average molecular weight is 238 g/mol. The molecule has 0 amide bonds. The number of halogens is 1. The van der Waals surface area contributed by atoms with Gasteiger partial charge in [0.25, 0.3) is 0 Å². The predicted octanol–water partition coefficient (Wildman–Crippen LogP) is 1.58.